The molecule has 0 aliphatic carbocycles. The first kappa shape index (κ1) is 18.2. The van der Waals surface area contributed by atoms with Gasteiger partial charge in [-0.25, -0.2) is 4.79 Å². The molecule has 0 radical (unpaired) electrons. The van der Waals surface area contributed by atoms with Gasteiger partial charge in [-0.05, 0) is 49.1 Å². The van der Waals surface area contributed by atoms with E-state index in [1.807, 2.05) is 18.2 Å². The molecular formula is C22H26N2O2. The summed E-state index contributed by atoms with van der Waals surface area (Å²) < 4.78 is 4.78. The monoisotopic (exact) mass is 350 g/mol. The first-order chi connectivity index (χ1) is 12.6. The van der Waals surface area contributed by atoms with Crippen molar-refractivity contribution >= 4 is 16.9 Å². The van der Waals surface area contributed by atoms with Crippen LogP contribution in [0.3, 0.4) is 0 Å². The summed E-state index contributed by atoms with van der Waals surface area (Å²) in [7, 11) is 1.39. The largest absolute Gasteiger partial charge is 0.464 e. The van der Waals surface area contributed by atoms with Crippen LogP contribution in [0.2, 0.25) is 0 Å². The number of benzene rings is 2. The van der Waals surface area contributed by atoms with E-state index < -0.39 is 0 Å². The van der Waals surface area contributed by atoms with E-state index in [1.165, 1.54) is 18.2 Å². The molecule has 0 aliphatic rings. The zero-order valence-electron chi connectivity index (χ0n) is 15.6. The number of ether oxygens (including phenoxy) is 1. The first-order valence-corrected chi connectivity index (χ1v) is 9.11. The molecule has 0 aliphatic heterocycles. The van der Waals surface area contributed by atoms with E-state index in [4.69, 9.17) is 4.74 Å². The molecule has 0 amide bonds. The van der Waals surface area contributed by atoms with Crippen LogP contribution in [0.25, 0.3) is 10.9 Å². The van der Waals surface area contributed by atoms with Gasteiger partial charge >= 0.3 is 5.97 Å². The third-order valence-corrected chi connectivity index (χ3v) is 4.85. The molecular weight excluding hydrogens is 324 g/mol. The number of methoxy groups -OCH3 is 1. The molecule has 0 saturated heterocycles. The van der Waals surface area contributed by atoms with E-state index in [-0.39, 0.29) is 5.97 Å². The summed E-state index contributed by atoms with van der Waals surface area (Å²) in [6, 6.07) is 19.4. The molecule has 0 fully saturated rings. The van der Waals surface area contributed by atoms with Gasteiger partial charge in [0.1, 0.15) is 5.69 Å². The second kappa shape index (κ2) is 8.19. The molecule has 1 aromatic heterocycles. The Bertz CT molecular complexity index is 870. The number of H-pyrrole nitrogens is 1. The van der Waals surface area contributed by atoms with Crippen LogP contribution < -0.4 is 5.32 Å². The quantitative estimate of drug-likeness (QED) is 0.611. The van der Waals surface area contributed by atoms with E-state index in [0.29, 0.717) is 17.8 Å². The number of rotatable bonds is 7. The minimum Gasteiger partial charge on any atom is -0.464 e. The number of carbonyl (C=O) groups excluding carboxylic acids is 1. The topological polar surface area (TPSA) is 54.1 Å². The molecule has 3 aromatic rings. The minimum absolute atomic E-state index is 0.308. The number of aromatic amines is 1. The lowest BCUT2D eigenvalue weighted by Crippen LogP contribution is -2.32. The highest BCUT2D eigenvalue weighted by atomic mass is 16.5. The van der Waals surface area contributed by atoms with E-state index in [1.54, 1.807) is 0 Å². The van der Waals surface area contributed by atoms with Crippen LogP contribution in [0.15, 0.2) is 54.6 Å². The molecule has 3 rings (SSSR count). The van der Waals surface area contributed by atoms with Crippen molar-refractivity contribution in [1.82, 2.24) is 10.3 Å². The fourth-order valence-electron chi connectivity index (χ4n) is 3.33. The highest BCUT2D eigenvalue weighted by molar-refractivity contribution is 5.94. The van der Waals surface area contributed by atoms with Gasteiger partial charge in [0.2, 0.25) is 0 Å². The predicted octanol–water partition coefficient (Wildman–Crippen LogP) is 4.63. The van der Waals surface area contributed by atoms with Gasteiger partial charge in [0.15, 0.2) is 0 Å². The molecule has 0 bridgehead atoms. The number of hydrogen-bond acceptors (Lipinski definition) is 3. The summed E-state index contributed by atoms with van der Waals surface area (Å²) in [6.07, 6.45) is 2.00. The lowest BCUT2D eigenvalue weighted by atomic mass is 10.0. The van der Waals surface area contributed by atoms with Crippen molar-refractivity contribution in [2.24, 2.45) is 0 Å². The third kappa shape index (κ3) is 4.14. The predicted molar refractivity (Wildman–Crippen MR) is 105 cm³/mol. The van der Waals surface area contributed by atoms with Gasteiger partial charge < -0.3 is 15.0 Å². The maximum Gasteiger partial charge on any atom is 0.354 e. The molecule has 136 valence electrons. The van der Waals surface area contributed by atoms with Crippen LogP contribution >= 0.6 is 0 Å². The van der Waals surface area contributed by atoms with Crippen molar-refractivity contribution in [3.05, 3.63) is 71.4 Å². The molecule has 1 heterocycles. The number of carbonyl (C=O) groups is 1. The van der Waals surface area contributed by atoms with Gasteiger partial charge in [-0.15, -0.1) is 0 Å². The Labute approximate surface area is 154 Å². The van der Waals surface area contributed by atoms with Crippen molar-refractivity contribution in [3.8, 4) is 0 Å². The zero-order chi connectivity index (χ0) is 18.5. The van der Waals surface area contributed by atoms with E-state index in [2.05, 4.69) is 60.5 Å². The SMILES string of the molecule is CC[C@@H](Cc1ccc2[nH]c(C(=O)OC)cc2c1)N[C@H](C)c1ccccc1. The third-order valence-electron chi connectivity index (χ3n) is 4.85. The maximum absolute atomic E-state index is 11.7. The number of fused-ring (bicyclic) bond motifs is 1. The molecule has 2 atom stereocenters. The fraction of sp³-hybridized carbons (Fsp3) is 0.318. The molecule has 4 heteroatoms. The van der Waals surface area contributed by atoms with Crippen LogP contribution in [0, 0.1) is 0 Å². The highest BCUT2D eigenvalue weighted by Crippen LogP contribution is 2.20. The molecule has 2 aromatic carbocycles. The summed E-state index contributed by atoms with van der Waals surface area (Å²) >= 11 is 0. The van der Waals surface area contributed by atoms with Gasteiger partial charge in [0.25, 0.3) is 0 Å². The molecule has 0 unspecified atom stereocenters. The molecule has 0 saturated carbocycles. The van der Waals surface area contributed by atoms with Crippen LogP contribution in [0.1, 0.15) is 47.9 Å². The Kier molecular flexibility index (Phi) is 5.74. The van der Waals surface area contributed by atoms with Crippen molar-refractivity contribution in [3.63, 3.8) is 0 Å². The molecule has 0 spiro atoms. The summed E-state index contributed by atoms with van der Waals surface area (Å²) in [5.74, 6) is -0.340. The lowest BCUT2D eigenvalue weighted by Gasteiger charge is -2.23. The summed E-state index contributed by atoms with van der Waals surface area (Å²) in [5.41, 5.74) is 4.00. The Morgan fingerprint density at radius 1 is 1.15 bits per heavy atom. The lowest BCUT2D eigenvalue weighted by molar-refractivity contribution is 0.0595. The summed E-state index contributed by atoms with van der Waals surface area (Å²) in [4.78, 5) is 14.8. The van der Waals surface area contributed by atoms with E-state index in [9.17, 15) is 4.79 Å². The van der Waals surface area contributed by atoms with Crippen LogP contribution in [-0.4, -0.2) is 24.1 Å². The second-order valence-electron chi connectivity index (χ2n) is 6.70. The molecule has 2 N–H and O–H groups in total. The smallest absolute Gasteiger partial charge is 0.354 e. The van der Waals surface area contributed by atoms with E-state index >= 15 is 0 Å². The van der Waals surface area contributed by atoms with Gasteiger partial charge in [-0.1, -0.05) is 43.3 Å². The Balaban J connectivity index is 1.72. The van der Waals surface area contributed by atoms with Crippen LogP contribution in [-0.2, 0) is 11.2 Å². The van der Waals surface area contributed by atoms with E-state index in [0.717, 1.165) is 23.7 Å². The average Bonchev–Trinajstić information content (AvgIpc) is 3.10. The Morgan fingerprint density at radius 2 is 1.92 bits per heavy atom. The first-order valence-electron chi connectivity index (χ1n) is 9.11. The second-order valence-corrected chi connectivity index (χ2v) is 6.70. The number of esters is 1. The highest BCUT2D eigenvalue weighted by Gasteiger charge is 2.14. The fourth-order valence-corrected chi connectivity index (χ4v) is 3.33. The number of nitrogens with one attached hydrogen (secondary N) is 2. The molecule has 26 heavy (non-hydrogen) atoms. The van der Waals surface area contributed by atoms with Crippen molar-refractivity contribution in [1.29, 1.82) is 0 Å². The van der Waals surface area contributed by atoms with Gasteiger partial charge in [-0.2, -0.15) is 0 Å². The number of hydrogen-bond donors (Lipinski definition) is 2. The average molecular weight is 350 g/mol. The molecule has 4 nitrogen and oxygen atoms in total. The van der Waals surface area contributed by atoms with Gasteiger partial charge in [0.05, 0.1) is 7.11 Å². The summed E-state index contributed by atoms with van der Waals surface area (Å²) in [6.45, 7) is 4.41. The normalized spacial score (nSPS) is 13.5. The van der Waals surface area contributed by atoms with Crippen molar-refractivity contribution in [2.75, 3.05) is 7.11 Å². The van der Waals surface area contributed by atoms with Crippen molar-refractivity contribution < 1.29 is 9.53 Å². The van der Waals surface area contributed by atoms with Gasteiger partial charge in [-0.3, -0.25) is 0 Å². The zero-order valence-corrected chi connectivity index (χ0v) is 15.6. The van der Waals surface area contributed by atoms with Gasteiger partial charge in [0, 0.05) is 23.0 Å². The standard InChI is InChI=1S/C22H26N2O2/c1-4-19(23-15(2)17-8-6-5-7-9-17)13-16-10-11-20-18(12-16)14-21(24-20)22(25)26-3/h5-12,14-15,19,23-24H,4,13H2,1-3H3/t15-,19+/m1/s1. The minimum atomic E-state index is -0.340. The Hall–Kier alpha value is -2.59. The van der Waals surface area contributed by atoms with Crippen molar-refractivity contribution in [2.45, 2.75) is 38.8 Å². The summed E-state index contributed by atoms with van der Waals surface area (Å²) in [5, 5.41) is 4.77. The Morgan fingerprint density at radius 3 is 2.62 bits per heavy atom. The number of aromatic nitrogens is 1. The van der Waals surface area contributed by atoms with Crippen LogP contribution in [0.5, 0.6) is 0 Å². The van der Waals surface area contributed by atoms with Crippen LogP contribution in [0.4, 0.5) is 0 Å². The maximum atomic E-state index is 11.7.